The number of carbonyl (C=O) groups excluding carboxylic acids is 2. The lowest BCUT2D eigenvalue weighted by Gasteiger charge is -2.36. The summed E-state index contributed by atoms with van der Waals surface area (Å²) in [6.45, 7) is 6.02. The van der Waals surface area contributed by atoms with E-state index in [1.165, 1.54) is 22.6 Å². The van der Waals surface area contributed by atoms with E-state index in [0.29, 0.717) is 12.8 Å². The van der Waals surface area contributed by atoms with E-state index in [1.807, 2.05) is 10.3 Å². The van der Waals surface area contributed by atoms with Crippen molar-refractivity contribution in [1.29, 1.82) is 0 Å². The summed E-state index contributed by atoms with van der Waals surface area (Å²) in [6.07, 6.45) is 1.79. The Bertz CT molecular complexity index is 842. The summed E-state index contributed by atoms with van der Waals surface area (Å²) in [5, 5.41) is 2.63. The van der Waals surface area contributed by atoms with E-state index in [4.69, 9.17) is 0 Å². The molecule has 2 aliphatic rings. The maximum Gasteiger partial charge on any atom is 0.228 e. The number of carbonyl (C=O) groups is 2. The van der Waals surface area contributed by atoms with Gasteiger partial charge >= 0.3 is 0 Å². The fourth-order valence-corrected chi connectivity index (χ4v) is 4.60. The third kappa shape index (κ3) is 3.83. The first-order chi connectivity index (χ1) is 13.1. The molecule has 0 N–H and O–H groups in total. The average molecular weight is 385 g/mol. The van der Waals surface area contributed by atoms with Crippen molar-refractivity contribution in [1.82, 2.24) is 9.88 Å². The van der Waals surface area contributed by atoms with Gasteiger partial charge in [-0.25, -0.2) is 4.98 Å². The number of anilines is 2. The minimum absolute atomic E-state index is 0.115. The number of thiazole rings is 1. The first-order valence-corrected chi connectivity index (χ1v) is 10.3. The van der Waals surface area contributed by atoms with Gasteiger partial charge in [-0.2, -0.15) is 0 Å². The molecule has 2 amide bonds. The molecule has 3 heterocycles. The molecule has 142 valence electrons. The molecule has 0 saturated carbocycles. The predicted octanol–water partition coefficient (Wildman–Crippen LogP) is 2.47. The van der Waals surface area contributed by atoms with Crippen LogP contribution in [0.5, 0.6) is 0 Å². The minimum atomic E-state index is 0.115. The smallest absolute Gasteiger partial charge is 0.228 e. The van der Waals surface area contributed by atoms with Gasteiger partial charge in [0, 0.05) is 50.2 Å². The van der Waals surface area contributed by atoms with Crippen LogP contribution in [0.15, 0.2) is 29.6 Å². The average Bonchev–Trinajstić information content (AvgIpc) is 3.31. The van der Waals surface area contributed by atoms with E-state index in [2.05, 4.69) is 41.1 Å². The molecule has 0 aliphatic carbocycles. The number of rotatable bonds is 4. The monoisotopic (exact) mass is 384 g/mol. The Balaban J connectivity index is 1.33. The van der Waals surface area contributed by atoms with Crippen LogP contribution >= 0.6 is 11.3 Å². The second-order valence-corrected chi connectivity index (χ2v) is 7.94. The molecule has 4 rings (SSSR count). The summed E-state index contributed by atoms with van der Waals surface area (Å²) in [7, 11) is 0. The lowest BCUT2D eigenvalue weighted by molar-refractivity contribution is -0.130. The Kier molecular flexibility index (Phi) is 5.11. The highest BCUT2D eigenvalue weighted by Crippen LogP contribution is 2.26. The van der Waals surface area contributed by atoms with Crippen molar-refractivity contribution in [2.45, 2.75) is 26.2 Å². The number of hydrogen-bond acceptors (Lipinski definition) is 5. The molecule has 6 nitrogen and oxygen atoms in total. The highest BCUT2D eigenvalue weighted by Gasteiger charge is 2.26. The van der Waals surface area contributed by atoms with Crippen LogP contribution in [-0.4, -0.2) is 54.4 Å². The maximum absolute atomic E-state index is 12.7. The first-order valence-electron chi connectivity index (χ1n) is 9.45. The van der Waals surface area contributed by atoms with Gasteiger partial charge in [0.25, 0.3) is 0 Å². The highest BCUT2D eigenvalue weighted by atomic mass is 32.1. The molecule has 2 saturated heterocycles. The van der Waals surface area contributed by atoms with Crippen molar-refractivity contribution < 1.29 is 9.59 Å². The molecular weight excluding hydrogens is 360 g/mol. The van der Waals surface area contributed by atoms with E-state index >= 15 is 0 Å². The zero-order valence-corrected chi connectivity index (χ0v) is 16.4. The van der Waals surface area contributed by atoms with Gasteiger partial charge in [0.1, 0.15) is 0 Å². The Morgan fingerprint density at radius 3 is 2.63 bits per heavy atom. The Labute approximate surface area is 163 Å². The Morgan fingerprint density at radius 2 is 1.93 bits per heavy atom. The molecule has 0 atom stereocenters. The molecule has 1 aromatic carbocycles. The fourth-order valence-electron chi connectivity index (χ4n) is 3.73. The van der Waals surface area contributed by atoms with Crippen LogP contribution in [0.3, 0.4) is 0 Å². The maximum atomic E-state index is 12.7. The van der Waals surface area contributed by atoms with E-state index < -0.39 is 0 Å². The van der Waals surface area contributed by atoms with Crippen LogP contribution in [-0.2, 0) is 16.0 Å². The summed E-state index contributed by atoms with van der Waals surface area (Å²) < 4.78 is 0. The van der Waals surface area contributed by atoms with E-state index in [0.717, 1.165) is 50.0 Å². The van der Waals surface area contributed by atoms with Gasteiger partial charge in [-0.05, 0) is 25.0 Å². The number of benzene rings is 1. The zero-order valence-electron chi connectivity index (χ0n) is 15.6. The van der Waals surface area contributed by atoms with Crippen molar-refractivity contribution in [3.8, 4) is 0 Å². The third-order valence-corrected chi connectivity index (χ3v) is 6.18. The normalized spacial score (nSPS) is 17.7. The molecule has 2 aromatic rings. The van der Waals surface area contributed by atoms with Crippen molar-refractivity contribution in [3.05, 3.63) is 40.9 Å². The van der Waals surface area contributed by atoms with Crippen LogP contribution in [0.25, 0.3) is 0 Å². The van der Waals surface area contributed by atoms with Gasteiger partial charge in [0.15, 0.2) is 5.13 Å². The van der Waals surface area contributed by atoms with Crippen molar-refractivity contribution >= 4 is 34.0 Å². The number of piperazine rings is 1. The number of amides is 2. The molecule has 0 bridgehead atoms. The van der Waals surface area contributed by atoms with Crippen molar-refractivity contribution in [2.75, 3.05) is 42.5 Å². The van der Waals surface area contributed by atoms with Crippen molar-refractivity contribution in [2.24, 2.45) is 0 Å². The summed E-state index contributed by atoms with van der Waals surface area (Å²) in [5.41, 5.74) is 3.29. The fraction of sp³-hybridized carbons (Fsp3) is 0.450. The van der Waals surface area contributed by atoms with Gasteiger partial charge in [-0.15, -0.1) is 11.3 Å². The largest absolute Gasteiger partial charge is 0.368 e. The molecular formula is C20H24N4O2S. The molecule has 2 fully saturated rings. The second-order valence-electron chi connectivity index (χ2n) is 7.10. The number of nitrogens with zero attached hydrogens (tertiary/aromatic N) is 4. The van der Waals surface area contributed by atoms with Gasteiger partial charge in [-0.3, -0.25) is 14.5 Å². The standard InChI is InChI=1S/C20H24N4O2S/c1-15-5-2-3-6-17(15)22-9-11-23(12-10-22)19(26)13-16-14-27-20(21-16)24-8-4-7-18(24)25/h2-3,5-6,14H,4,7-13H2,1H3. The molecule has 7 heteroatoms. The van der Waals surface area contributed by atoms with E-state index in [9.17, 15) is 9.59 Å². The van der Waals surface area contributed by atoms with Crippen LogP contribution in [0, 0.1) is 6.92 Å². The molecule has 0 unspecified atom stereocenters. The molecule has 27 heavy (non-hydrogen) atoms. The van der Waals surface area contributed by atoms with Gasteiger partial charge in [0.05, 0.1) is 12.1 Å². The summed E-state index contributed by atoms with van der Waals surface area (Å²) in [5.74, 6) is 0.249. The molecule has 0 spiro atoms. The van der Waals surface area contributed by atoms with Gasteiger partial charge in [0.2, 0.25) is 11.8 Å². The number of hydrogen-bond donors (Lipinski definition) is 0. The first kappa shape index (κ1) is 18.0. The number of aromatic nitrogens is 1. The van der Waals surface area contributed by atoms with Crippen LogP contribution in [0.1, 0.15) is 24.1 Å². The predicted molar refractivity (Wildman–Crippen MR) is 107 cm³/mol. The Morgan fingerprint density at radius 1 is 1.15 bits per heavy atom. The summed E-state index contributed by atoms with van der Waals surface area (Å²) in [6, 6.07) is 8.38. The van der Waals surface area contributed by atoms with Crippen LogP contribution < -0.4 is 9.80 Å². The van der Waals surface area contributed by atoms with Crippen molar-refractivity contribution in [3.63, 3.8) is 0 Å². The topological polar surface area (TPSA) is 56.8 Å². The summed E-state index contributed by atoms with van der Waals surface area (Å²) in [4.78, 5) is 35.0. The van der Waals surface area contributed by atoms with Gasteiger partial charge in [-0.1, -0.05) is 18.2 Å². The van der Waals surface area contributed by atoms with Crippen LogP contribution in [0.2, 0.25) is 0 Å². The van der Waals surface area contributed by atoms with Gasteiger partial charge < -0.3 is 9.80 Å². The number of aryl methyl sites for hydroxylation is 1. The second kappa shape index (κ2) is 7.68. The SMILES string of the molecule is Cc1ccccc1N1CCN(C(=O)Cc2csc(N3CCCC3=O)n2)CC1. The molecule has 1 aromatic heterocycles. The number of para-hydroxylation sites is 1. The van der Waals surface area contributed by atoms with E-state index in [1.54, 1.807) is 4.90 Å². The van der Waals surface area contributed by atoms with Crippen LogP contribution in [0.4, 0.5) is 10.8 Å². The Hall–Kier alpha value is -2.41. The summed E-state index contributed by atoms with van der Waals surface area (Å²) >= 11 is 1.45. The van der Waals surface area contributed by atoms with E-state index in [-0.39, 0.29) is 11.8 Å². The lowest BCUT2D eigenvalue weighted by atomic mass is 10.1. The minimum Gasteiger partial charge on any atom is -0.368 e. The third-order valence-electron chi connectivity index (χ3n) is 5.26. The molecule has 0 radical (unpaired) electrons. The quantitative estimate of drug-likeness (QED) is 0.813. The lowest BCUT2D eigenvalue weighted by Crippen LogP contribution is -2.49. The zero-order chi connectivity index (χ0) is 18.8. The highest BCUT2D eigenvalue weighted by molar-refractivity contribution is 7.14. The molecule has 2 aliphatic heterocycles.